The highest BCUT2D eigenvalue weighted by Crippen LogP contribution is 2.18. The van der Waals surface area contributed by atoms with Gasteiger partial charge in [0.1, 0.15) is 33.3 Å². The van der Waals surface area contributed by atoms with Crippen molar-refractivity contribution in [2.45, 2.75) is 0 Å². The second-order valence-electron chi connectivity index (χ2n) is 3.46. The Morgan fingerprint density at radius 3 is 1.15 bits per heavy atom. The van der Waals surface area contributed by atoms with Crippen molar-refractivity contribution < 1.29 is 51.2 Å². The molecule has 2 aromatic rings. The molecule has 2 rings (SSSR count). The summed E-state index contributed by atoms with van der Waals surface area (Å²) < 4.78 is 53.6. The molecule has 0 aliphatic heterocycles. The first kappa shape index (κ1) is 17.8. The van der Waals surface area contributed by atoms with Crippen LogP contribution in [0.15, 0.2) is 24.3 Å². The Balaban J connectivity index is 0.00000200. The van der Waals surface area contributed by atoms with Crippen molar-refractivity contribution in [2.75, 3.05) is 0 Å². The van der Waals surface area contributed by atoms with Crippen LogP contribution in [0.3, 0.4) is 0 Å². The largest absolute Gasteiger partial charge is 1.00 e. The third-order valence-corrected chi connectivity index (χ3v) is 5.33. The van der Waals surface area contributed by atoms with E-state index in [0.717, 1.165) is 24.3 Å². The molecule has 0 aliphatic carbocycles. The zero-order valence-corrected chi connectivity index (χ0v) is 13.8. The normalized spacial score (nSPS) is 10.3. The molecule has 0 aliphatic rings. The smallest absolute Gasteiger partial charge is 0.358 e. The predicted octanol–water partition coefficient (Wildman–Crippen LogP) is -1.32. The van der Waals surface area contributed by atoms with E-state index in [0.29, 0.717) is 7.14 Å². The summed E-state index contributed by atoms with van der Waals surface area (Å²) in [5.74, 6) is -3.59. The van der Waals surface area contributed by atoms with Crippen LogP contribution in [0.25, 0.3) is 0 Å². The molecule has 20 heavy (non-hydrogen) atoms. The summed E-state index contributed by atoms with van der Waals surface area (Å²) in [6, 6.07) is 4.23. The Morgan fingerprint density at radius 2 is 0.900 bits per heavy atom. The summed E-state index contributed by atoms with van der Waals surface area (Å²) in [6.45, 7) is 0. The summed E-state index contributed by atoms with van der Waals surface area (Å²) in [5.41, 5.74) is 0. The van der Waals surface area contributed by atoms with Gasteiger partial charge in [0, 0.05) is 24.3 Å². The molecule has 108 valence electrons. The van der Waals surface area contributed by atoms with Crippen molar-refractivity contribution in [1.82, 2.24) is 0 Å². The molecular weight excluding hydrogens is 453 g/mol. The maximum Gasteiger partial charge on any atom is 0.358 e. The van der Waals surface area contributed by atoms with Gasteiger partial charge < -0.3 is 12.4 Å². The quantitative estimate of drug-likeness (QED) is 0.227. The van der Waals surface area contributed by atoms with E-state index in [2.05, 4.69) is 0 Å². The van der Waals surface area contributed by atoms with Gasteiger partial charge in [0.2, 0.25) is 0 Å². The highest BCUT2D eigenvalue weighted by Gasteiger charge is 2.23. The van der Waals surface area contributed by atoms with E-state index in [-0.39, 0.29) is 12.4 Å². The van der Waals surface area contributed by atoms with E-state index < -0.39 is 54.5 Å². The number of halogens is 8. The topological polar surface area (TPSA) is 0 Å². The van der Waals surface area contributed by atoms with E-state index >= 15 is 0 Å². The molecule has 0 atom stereocenters. The second kappa shape index (κ2) is 7.15. The van der Waals surface area contributed by atoms with Crippen LogP contribution in [0.5, 0.6) is 0 Å². The van der Waals surface area contributed by atoms with Crippen molar-refractivity contribution in [2.24, 2.45) is 0 Å². The fourth-order valence-corrected chi connectivity index (χ4v) is 3.94. The lowest BCUT2D eigenvalue weighted by atomic mass is 10.3. The predicted molar refractivity (Wildman–Crippen MR) is 60.1 cm³/mol. The van der Waals surface area contributed by atoms with E-state index in [1.165, 1.54) is 0 Å². The van der Waals surface area contributed by atoms with Crippen molar-refractivity contribution in [3.63, 3.8) is 0 Å². The lowest BCUT2D eigenvalue weighted by Gasteiger charge is -1.96. The molecule has 0 unspecified atom stereocenters. The minimum Gasteiger partial charge on any atom is -1.00 e. The van der Waals surface area contributed by atoms with Crippen LogP contribution in [0, 0.1) is 30.4 Å². The van der Waals surface area contributed by atoms with Crippen LogP contribution in [-0.2, 0) is 0 Å². The third-order valence-electron chi connectivity index (χ3n) is 2.12. The van der Waals surface area contributed by atoms with Gasteiger partial charge in [-0.1, -0.05) is 23.2 Å². The zero-order valence-electron chi connectivity index (χ0n) is 9.33. The molecule has 0 nitrogen and oxygen atoms in total. The van der Waals surface area contributed by atoms with Crippen molar-refractivity contribution in [1.29, 1.82) is 0 Å². The van der Waals surface area contributed by atoms with Gasteiger partial charge in [-0.3, -0.25) is 0 Å². The summed E-state index contributed by atoms with van der Waals surface area (Å²) >= 11 is 9.56. The molecule has 0 N–H and O–H groups in total. The monoisotopic (exact) mass is 456 g/mol. The Bertz CT molecular complexity index is 547. The van der Waals surface area contributed by atoms with Gasteiger partial charge in [0.05, 0.1) is 0 Å². The van der Waals surface area contributed by atoms with Crippen LogP contribution >= 0.6 is 23.2 Å². The van der Waals surface area contributed by atoms with Crippen molar-refractivity contribution in [3.8, 4) is 0 Å². The number of rotatable bonds is 2. The SMILES string of the molecule is Fc1cc([I+]c2cc(F)c(Cl)c(F)c2)cc(F)c1Cl.[Cl-]. The van der Waals surface area contributed by atoms with E-state index in [1.54, 1.807) is 0 Å². The zero-order chi connectivity index (χ0) is 14.2. The Morgan fingerprint density at radius 1 is 0.650 bits per heavy atom. The van der Waals surface area contributed by atoms with Crippen molar-refractivity contribution >= 4 is 23.2 Å². The number of hydrogen-bond donors (Lipinski definition) is 0. The van der Waals surface area contributed by atoms with Crippen molar-refractivity contribution in [3.05, 3.63) is 64.7 Å². The molecule has 0 saturated heterocycles. The highest BCUT2D eigenvalue weighted by atomic mass is 127. The molecule has 0 amide bonds. The van der Waals surface area contributed by atoms with Gasteiger partial charge in [0.15, 0.2) is 7.14 Å². The molecule has 0 heterocycles. The third kappa shape index (κ3) is 3.90. The molecule has 2 aromatic carbocycles. The van der Waals surface area contributed by atoms with Gasteiger partial charge in [-0.2, -0.15) is 0 Å². The first-order chi connectivity index (χ1) is 8.88. The molecular formula is C12H4Cl3F4I. The van der Waals surface area contributed by atoms with Crippen LogP contribution in [0.4, 0.5) is 17.6 Å². The molecule has 0 spiro atoms. The number of benzene rings is 2. The maximum atomic E-state index is 13.2. The average molecular weight is 457 g/mol. The Labute approximate surface area is 138 Å². The lowest BCUT2D eigenvalue weighted by Crippen LogP contribution is -3.61. The number of hydrogen-bond acceptors (Lipinski definition) is 0. The first-order valence-corrected chi connectivity index (χ1v) is 7.73. The Hall–Kier alpha value is -0.240. The van der Waals surface area contributed by atoms with Crippen LogP contribution < -0.4 is 33.6 Å². The molecule has 0 radical (unpaired) electrons. The molecule has 8 heteroatoms. The van der Waals surface area contributed by atoms with E-state index in [4.69, 9.17) is 23.2 Å². The second-order valence-corrected chi connectivity index (χ2v) is 7.25. The summed E-state index contributed by atoms with van der Waals surface area (Å²) in [4.78, 5) is 0. The summed E-state index contributed by atoms with van der Waals surface area (Å²) in [7, 11) is 0. The van der Waals surface area contributed by atoms with Gasteiger partial charge >= 0.3 is 21.2 Å². The van der Waals surface area contributed by atoms with Crippen LogP contribution in [-0.4, -0.2) is 0 Å². The minimum atomic E-state index is -1.14. The maximum absolute atomic E-state index is 13.2. The van der Waals surface area contributed by atoms with E-state index in [9.17, 15) is 17.6 Å². The van der Waals surface area contributed by atoms with Gasteiger partial charge in [-0.25, -0.2) is 17.6 Å². The lowest BCUT2D eigenvalue weighted by molar-refractivity contribution is -0.598. The Kier molecular flexibility index (Phi) is 6.37. The highest BCUT2D eigenvalue weighted by molar-refractivity contribution is 6.31. The molecule has 0 aromatic heterocycles. The van der Waals surface area contributed by atoms with Crippen LogP contribution in [0.1, 0.15) is 0 Å². The minimum absolute atomic E-state index is 0. The fraction of sp³-hybridized carbons (Fsp3) is 0. The summed E-state index contributed by atoms with van der Waals surface area (Å²) in [6.07, 6.45) is 0. The molecule has 0 fully saturated rings. The fourth-order valence-electron chi connectivity index (χ4n) is 1.28. The molecule has 0 saturated carbocycles. The summed E-state index contributed by atoms with van der Waals surface area (Å²) in [5, 5.41) is -1.19. The van der Waals surface area contributed by atoms with E-state index in [1.807, 2.05) is 0 Å². The van der Waals surface area contributed by atoms with Gasteiger partial charge in [-0.05, 0) is 0 Å². The first-order valence-electron chi connectivity index (χ1n) is 4.82. The van der Waals surface area contributed by atoms with Crippen LogP contribution in [0.2, 0.25) is 10.0 Å². The van der Waals surface area contributed by atoms with Gasteiger partial charge in [-0.15, -0.1) is 0 Å². The average Bonchev–Trinajstić information content (AvgIpc) is 2.33. The molecule has 0 bridgehead atoms. The standard InChI is InChI=1S/C12H4Cl2F4I.ClH/c13-11-7(15)1-5(2-8(11)16)19-6-3-9(17)12(14)10(18)4-6;/h1-4H;1H/q+1;/p-1. The van der Waals surface area contributed by atoms with Gasteiger partial charge in [0.25, 0.3) is 0 Å².